The van der Waals surface area contributed by atoms with E-state index in [1.807, 2.05) is 12.2 Å². The number of unbranched alkanes of at least 4 members (excludes halogenated alkanes) is 14. The van der Waals surface area contributed by atoms with Crippen molar-refractivity contribution in [2.45, 2.75) is 194 Å². The van der Waals surface area contributed by atoms with E-state index in [0.717, 1.165) is 89.9 Å². The van der Waals surface area contributed by atoms with Crippen LogP contribution < -0.4 is 0 Å². The summed E-state index contributed by atoms with van der Waals surface area (Å²) >= 11 is 0. The number of hydrogen-bond acceptors (Lipinski definition) is 6. The summed E-state index contributed by atoms with van der Waals surface area (Å²) in [6, 6.07) is 0. The first-order chi connectivity index (χ1) is 26.0. The van der Waals surface area contributed by atoms with Gasteiger partial charge < -0.3 is 14.2 Å². The molecule has 302 valence electrons. The number of esters is 3. The molecule has 53 heavy (non-hydrogen) atoms. The second-order valence-corrected chi connectivity index (χ2v) is 13.9. The van der Waals surface area contributed by atoms with Crippen LogP contribution >= 0.6 is 0 Å². The summed E-state index contributed by atoms with van der Waals surface area (Å²) in [6.45, 7) is 6.34. The van der Waals surface area contributed by atoms with Gasteiger partial charge in [0.15, 0.2) is 6.10 Å². The molecule has 6 nitrogen and oxygen atoms in total. The van der Waals surface area contributed by atoms with E-state index >= 15 is 0 Å². The molecule has 0 saturated heterocycles. The van der Waals surface area contributed by atoms with E-state index in [1.54, 1.807) is 0 Å². The van der Waals surface area contributed by atoms with Gasteiger partial charge in [0.2, 0.25) is 0 Å². The Morgan fingerprint density at radius 1 is 0.396 bits per heavy atom. The van der Waals surface area contributed by atoms with Crippen LogP contribution in [0.3, 0.4) is 0 Å². The molecule has 1 unspecified atom stereocenters. The van der Waals surface area contributed by atoms with E-state index in [-0.39, 0.29) is 31.6 Å². The highest BCUT2D eigenvalue weighted by molar-refractivity contribution is 5.71. The van der Waals surface area contributed by atoms with Crippen LogP contribution in [0.2, 0.25) is 0 Å². The molecule has 0 aromatic carbocycles. The van der Waals surface area contributed by atoms with Gasteiger partial charge in [-0.05, 0) is 70.6 Å². The van der Waals surface area contributed by atoms with Crippen molar-refractivity contribution in [3.8, 4) is 0 Å². The summed E-state index contributed by atoms with van der Waals surface area (Å²) in [5.41, 5.74) is 0. The molecule has 0 heterocycles. The van der Waals surface area contributed by atoms with Crippen LogP contribution in [-0.2, 0) is 28.6 Å². The third-order valence-electron chi connectivity index (χ3n) is 8.71. The lowest BCUT2D eigenvalue weighted by Gasteiger charge is -2.18. The van der Waals surface area contributed by atoms with Crippen molar-refractivity contribution in [3.05, 3.63) is 72.9 Å². The van der Waals surface area contributed by atoms with Gasteiger partial charge in [-0.15, -0.1) is 0 Å². The van der Waals surface area contributed by atoms with Gasteiger partial charge in [0.1, 0.15) is 13.2 Å². The summed E-state index contributed by atoms with van der Waals surface area (Å²) in [5, 5.41) is 0. The molecule has 0 spiro atoms. The second kappa shape index (κ2) is 41.6. The molecule has 0 radical (unpaired) electrons. The lowest BCUT2D eigenvalue weighted by molar-refractivity contribution is -0.166. The minimum Gasteiger partial charge on any atom is -0.462 e. The van der Waals surface area contributed by atoms with E-state index in [0.29, 0.717) is 19.3 Å². The largest absolute Gasteiger partial charge is 0.462 e. The number of carbonyl (C=O) groups excluding carboxylic acids is 3. The summed E-state index contributed by atoms with van der Waals surface area (Å²) < 4.78 is 16.5. The third kappa shape index (κ3) is 39.9. The van der Waals surface area contributed by atoms with Crippen LogP contribution in [-0.4, -0.2) is 37.2 Å². The minimum atomic E-state index is -0.814. The maximum absolute atomic E-state index is 12.6. The van der Waals surface area contributed by atoms with Crippen LogP contribution in [0, 0.1) is 0 Å². The fourth-order valence-electron chi connectivity index (χ4n) is 5.47. The Morgan fingerprint density at radius 3 is 1.28 bits per heavy atom. The molecular weight excluding hydrogens is 661 g/mol. The van der Waals surface area contributed by atoms with E-state index < -0.39 is 12.1 Å². The van der Waals surface area contributed by atoms with Crippen molar-refractivity contribution >= 4 is 17.9 Å². The average molecular weight is 739 g/mol. The lowest BCUT2D eigenvalue weighted by atomic mass is 10.1. The molecule has 0 fully saturated rings. The number of hydrogen-bond donors (Lipinski definition) is 0. The summed E-state index contributed by atoms with van der Waals surface area (Å²) in [6.07, 6.45) is 50.4. The standard InChI is InChI=1S/C47H78O6/c1-4-7-10-13-16-19-21-23-25-26-28-31-34-37-40-46(49)52-43-44(42-51-45(48)39-36-33-30-18-15-12-9-6-3)53-47(50)41-38-35-32-29-27-24-22-20-17-14-11-8-5-2/h8,11,13,16-17,20-21,23-24,27,32,35,44H,4-7,9-10,12,14-15,18-19,22,25-26,28-31,33-34,36-43H2,1-3H3/b11-8-,16-13-,20-17-,23-21-,27-24-,35-32-. The van der Waals surface area contributed by atoms with Gasteiger partial charge in [-0.1, -0.05) is 171 Å². The van der Waals surface area contributed by atoms with Crippen molar-refractivity contribution in [2.24, 2.45) is 0 Å². The fourth-order valence-corrected chi connectivity index (χ4v) is 5.47. The molecule has 0 aromatic heterocycles. The highest BCUT2D eigenvalue weighted by Crippen LogP contribution is 2.12. The first kappa shape index (κ1) is 49.9. The predicted molar refractivity (Wildman–Crippen MR) is 224 cm³/mol. The number of ether oxygens (including phenoxy) is 3. The molecule has 6 heteroatoms. The van der Waals surface area contributed by atoms with Gasteiger partial charge in [-0.2, -0.15) is 0 Å². The van der Waals surface area contributed by atoms with Gasteiger partial charge in [0.05, 0.1) is 0 Å². The van der Waals surface area contributed by atoms with Crippen molar-refractivity contribution in [3.63, 3.8) is 0 Å². The maximum atomic E-state index is 12.6. The number of carbonyl (C=O) groups is 3. The van der Waals surface area contributed by atoms with Crippen LogP contribution in [0.5, 0.6) is 0 Å². The quantitative estimate of drug-likeness (QED) is 0.0273. The first-order valence-electron chi connectivity index (χ1n) is 21.4. The van der Waals surface area contributed by atoms with Crippen molar-refractivity contribution in [1.29, 1.82) is 0 Å². The minimum absolute atomic E-state index is 0.109. The Labute approximate surface area is 325 Å². The van der Waals surface area contributed by atoms with Gasteiger partial charge in [0, 0.05) is 19.3 Å². The van der Waals surface area contributed by atoms with Crippen LogP contribution in [0.4, 0.5) is 0 Å². The second-order valence-electron chi connectivity index (χ2n) is 13.9. The van der Waals surface area contributed by atoms with Crippen molar-refractivity contribution in [1.82, 2.24) is 0 Å². The predicted octanol–water partition coefficient (Wildman–Crippen LogP) is 13.5. The van der Waals surface area contributed by atoms with Crippen LogP contribution in [0.25, 0.3) is 0 Å². The van der Waals surface area contributed by atoms with Gasteiger partial charge in [-0.3, -0.25) is 14.4 Å². The van der Waals surface area contributed by atoms with Crippen molar-refractivity contribution < 1.29 is 28.6 Å². The normalized spacial score (nSPS) is 12.7. The molecule has 0 rings (SSSR count). The van der Waals surface area contributed by atoms with Crippen LogP contribution in [0.1, 0.15) is 188 Å². The third-order valence-corrected chi connectivity index (χ3v) is 8.71. The highest BCUT2D eigenvalue weighted by atomic mass is 16.6. The zero-order valence-corrected chi connectivity index (χ0v) is 34.3. The van der Waals surface area contributed by atoms with E-state index in [4.69, 9.17) is 14.2 Å². The maximum Gasteiger partial charge on any atom is 0.306 e. The Balaban J connectivity index is 4.49. The molecule has 0 aliphatic rings. The van der Waals surface area contributed by atoms with Gasteiger partial charge >= 0.3 is 17.9 Å². The number of rotatable bonds is 37. The number of allylic oxidation sites excluding steroid dienone is 12. The molecule has 0 aromatic rings. The zero-order chi connectivity index (χ0) is 38.7. The molecule has 0 aliphatic heterocycles. The molecule has 1 atom stereocenters. The Kier molecular flexibility index (Phi) is 39.1. The van der Waals surface area contributed by atoms with Crippen molar-refractivity contribution in [2.75, 3.05) is 13.2 Å². The monoisotopic (exact) mass is 739 g/mol. The van der Waals surface area contributed by atoms with E-state index in [2.05, 4.69) is 81.5 Å². The topological polar surface area (TPSA) is 78.9 Å². The summed E-state index contributed by atoms with van der Waals surface area (Å²) in [4.78, 5) is 37.5. The molecule has 0 N–H and O–H groups in total. The smallest absolute Gasteiger partial charge is 0.306 e. The summed E-state index contributed by atoms with van der Waals surface area (Å²) in [5.74, 6) is -1.02. The van der Waals surface area contributed by atoms with E-state index in [9.17, 15) is 14.4 Å². The first-order valence-corrected chi connectivity index (χ1v) is 21.4. The average Bonchev–Trinajstić information content (AvgIpc) is 3.15. The Bertz CT molecular complexity index is 1030. The lowest BCUT2D eigenvalue weighted by Crippen LogP contribution is -2.30. The van der Waals surface area contributed by atoms with Crippen LogP contribution in [0.15, 0.2) is 72.9 Å². The SMILES string of the molecule is CC/C=C\C/C=C\C/C=C\C/C=C\CCC(=O)OC(COC(=O)CCCCCCC/C=C\C/C=C\CCCC)COC(=O)CCCCCCCCCC. The fraction of sp³-hybridized carbons (Fsp3) is 0.681. The zero-order valence-electron chi connectivity index (χ0n) is 34.3. The molecule has 0 amide bonds. The molecule has 0 aliphatic carbocycles. The highest BCUT2D eigenvalue weighted by Gasteiger charge is 2.19. The Morgan fingerprint density at radius 2 is 0.792 bits per heavy atom. The molecular formula is C47H78O6. The van der Waals surface area contributed by atoms with Gasteiger partial charge in [-0.25, -0.2) is 0 Å². The summed E-state index contributed by atoms with van der Waals surface area (Å²) in [7, 11) is 0. The van der Waals surface area contributed by atoms with Gasteiger partial charge in [0.25, 0.3) is 0 Å². The van der Waals surface area contributed by atoms with E-state index in [1.165, 1.54) is 51.4 Å². The molecule has 0 bridgehead atoms. The molecule has 0 saturated carbocycles. The Hall–Kier alpha value is -3.15.